The van der Waals surface area contributed by atoms with Gasteiger partial charge in [-0.3, -0.25) is 0 Å². The second-order valence-electron chi connectivity index (χ2n) is 4.82. The van der Waals surface area contributed by atoms with E-state index in [0.29, 0.717) is 6.10 Å². The first-order valence-corrected chi connectivity index (χ1v) is 6.71. The zero-order chi connectivity index (χ0) is 11.8. The lowest BCUT2D eigenvalue weighted by Crippen LogP contribution is -2.33. The molecule has 1 fully saturated rings. The minimum Gasteiger partial charge on any atom is -0.395 e. The molecule has 16 heavy (non-hydrogen) atoms. The molecule has 3 nitrogen and oxygen atoms in total. The van der Waals surface area contributed by atoms with E-state index in [1.807, 2.05) is 7.05 Å². The number of rotatable bonds is 7. The second kappa shape index (κ2) is 8.04. The van der Waals surface area contributed by atoms with Gasteiger partial charge in [-0.15, -0.1) is 0 Å². The van der Waals surface area contributed by atoms with Gasteiger partial charge in [0.05, 0.1) is 12.7 Å². The first-order valence-electron chi connectivity index (χ1n) is 6.71. The SMILES string of the molecule is CCC1CCCCC1OCCC(CO)NC. The number of nitrogens with one attached hydrogen (secondary N) is 1. The maximum absolute atomic E-state index is 9.04. The molecule has 0 aliphatic heterocycles. The Balaban J connectivity index is 2.19. The molecular formula is C13H27NO2. The van der Waals surface area contributed by atoms with Gasteiger partial charge >= 0.3 is 0 Å². The van der Waals surface area contributed by atoms with Gasteiger partial charge in [0.1, 0.15) is 0 Å². The fourth-order valence-electron chi connectivity index (χ4n) is 2.55. The number of ether oxygens (including phenoxy) is 1. The molecule has 0 amide bonds. The van der Waals surface area contributed by atoms with Crippen LogP contribution < -0.4 is 5.32 Å². The maximum Gasteiger partial charge on any atom is 0.0603 e. The summed E-state index contributed by atoms with van der Waals surface area (Å²) in [6, 6.07) is 0.184. The lowest BCUT2D eigenvalue weighted by atomic mass is 9.85. The Kier molecular flexibility index (Phi) is 7.01. The molecule has 3 unspecified atom stereocenters. The molecule has 0 bridgehead atoms. The highest BCUT2D eigenvalue weighted by atomic mass is 16.5. The average Bonchev–Trinajstić information content (AvgIpc) is 2.35. The predicted molar refractivity (Wildman–Crippen MR) is 66.5 cm³/mol. The Hall–Kier alpha value is -0.120. The van der Waals surface area contributed by atoms with Crippen molar-refractivity contribution in [2.24, 2.45) is 5.92 Å². The van der Waals surface area contributed by atoms with Crippen molar-refractivity contribution in [1.29, 1.82) is 0 Å². The van der Waals surface area contributed by atoms with Gasteiger partial charge < -0.3 is 15.2 Å². The quantitative estimate of drug-likeness (QED) is 0.701. The van der Waals surface area contributed by atoms with Crippen LogP contribution in [0.2, 0.25) is 0 Å². The van der Waals surface area contributed by atoms with Gasteiger partial charge in [0.15, 0.2) is 0 Å². The van der Waals surface area contributed by atoms with Crippen LogP contribution in [0.5, 0.6) is 0 Å². The molecule has 1 aliphatic rings. The smallest absolute Gasteiger partial charge is 0.0603 e. The van der Waals surface area contributed by atoms with E-state index in [2.05, 4.69) is 12.2 Å². The van der Waals surface area contributed by atoms with Crippen molar-refractivity contribution >= 4 is 0 Å². The first kappa shape index (κ1) is 13.9. The molecule has 0 radical (unpaired) electrons. The Morgan fingerprint density at radius 3 is 2.75 bits per heavy atom. The third kappa shape index (κ3) is 4.40. The van der Waals surface area contributed by atoms with Crippen LogP contribution in [0.25, 0.3) is 0 Å². The highest BCUT2D eigenvalue weighted by Crippen LogP contribution is 2.29. The normalized spacial score (nSPS) is 27.9. The van der Waals surface area contributed by atoms with E-state index in [1.54, 1.807) is 0 Å². The van der Waals surface area contributed by atoms with Gasteiger partial charge in [-0.05, 0) is 32.2 Å². The van der Waals surface area contributed by atoms with Crippen molar-refractivity contribution in [3.05, 3.63) is 0 Å². The van der Waals surface area contributed by atoms with E-state index < -0.39 is 0 Å². The molecule has 0 spiro atoms. The molecule has 1 aliphatic carbocycles. The Labute approximate surface area is 99.6 Å². The molecular weight excluding hydrogens is 202 g/mol. The Bertz CT molecular complexity index is 171. The van der Waals surface area contributed by atoms with E-state index in [0.717, 1.165) is 18.9 Å². The van der Waals surface area contributed by atoms with Crippen LogP contribution in [0.4, 0.5) is 0 Å². The van der Waals surface area contributed by atoms with Crippen molar-refractivity contribution in [2.75, 3.05) is 20.3 Å². The monoisotopic (exact) mass is 229 g/mol. The molecule has 0 saturated heterocycles. The minimum absolute atomic E-state index is 0.184. The van der Waals surface area contributed by atoms with Gasteiger partial charge in [-0.25, -0.2) is 0 Å². The molecule has 96 valence electrons. The summed E-state index contributed by atoms with van der Waals surface area (Å²) >= 11 is 0. The molecule has 0 aromatic heterocycles. The summed E-state index contributed by atoms with van der Waals surface area (Å²) in [6.07, 6.45) is 7.85. The van der Waals surface area contributed by atoms with Crippen LogP contribution in [0, 0.1) is 5.92 Å². The summed E-state index contributed by atoms with van der Waals surface area (Å²) in [5, 5.41) is 12.1. The summed E-state index contributed by atoms with van der Waals surface area (Å²) < 4.78 is 5.97. The largest absolute Gasteiger partial charge is 0.395 e. The van der Waals surface area contributed by atoms with Gasteiger partial charge in [-0.2, -0.15) is 0 Å². The molecule has 1 saturated carbocycles. The fourth-order valence-corrected chi connectivity index (χ4v) is 2.55. The van der Waals surface area contributed by atoms with Crippen molar-refractivity contribution in [3.63, 3.8) is 0 Å². The summed E-state index contributed by atoms with van der Waals surface area (Å²) in [5.41, 5.74) is 0. The van der Waals surface area contributed by atoms with E-state index in [9.17, 15) is 0 Å². The van der Waals surface area contributed by atoms with Crippen LogP contribution in [0.1, 0.15) is 45.4 Å². The second-order valence-corrected chi connectivity index (χ2v) is 4.82. The van der Waals surface area contributed by atoms with E-state index in [-0.39, 0.29) is 12.6 Å². The van der Waals surface area contributed by atoms with Crippen molar-refractivity contribution in [2.45, 2.75) is 57.6 Å². The number of likely N-dealkylation sites (N-methyl/N-ethyl adjacent to an activating group) is 1. The molecule has 0 aromatic carbocycles. The van der Waals surface area contributed by atoms with Crippen LogP contribution >= 0.6 is 0 Å². The third-order valence-electron chi connectivity index (χ3n) is 3.79. The topological polar surface area (TPSA) is 41.5 Å². The van der Waals surface area contributed by atoms with Gasteiger partial charge in [0.2, 0.25) is 0 Å². The Morgan fingerprint density at radius 1 is 1.38 bits per heavy atom. The fraction of sp³-hybridized carbons (Fsp3) is 1.00. The number of aliphatic hydroxyl groups excluding tert-OH is 1. The number of aliphatic hydroxyl groups is 1. The van der Waals surface area contributed by atoms with E-state index >= 15 is 0 Å². The molecule has 2 N–H and O–H groups in total. The molecule has 3 atom stereocenters. The van der Waals surface area contributed by atoms with Crippen molar-refractivity contribution < 1.29 is 9.84 Å². The summed E-state index contributed by atoms with van der Waals surface area (Å²) in [7, 11) is 1.89. The van der Waals surface area contributed by atoms with Gasteiger partial charge in [0, 0.05) is 12.6 Å². The van der Waals surface area contributed by atoms with E-state index in [1.165, 1.54) is 32.1 Å². The third-order valence-corrected chi connectivity index (χ3v) is 3.79. The zero-order valence-electron chi connectivity index (χ0n) is 10.7. The number of hydrogen-bond acceptors (Lipinski definition) is 3. The summed E-state index contributed by atoms with van der Waals surface area (Å²) in [4.78, 5) is 0. The van der Waals surface area contributed by atoms with Gasteiger partial charge in [0.25, 0.3) is 0 Å². The molecule has 0 aromatic rings. The van der Waals surface area contributed by atoms with Crippen molar-refractivity contribution in [1.82, 2.24) is 5.32 Å². The van der Waals surface area contributed by atoms with Crippen LogP contribution in [0.3, 0.4) is 0 Å². The first-order chi connectivity index (χ1) is 7.81. The molecule has 0 heterocycles. The van der Waals surface area contributed by atoms with Gasteiger partial charge in [-0.1, -0.05) is 26.2 Å². The highest BCUT2D eigenvalue weighted by Gasteiger charge is 2.24. The van der Waals surface area contributed by atoms with E-state index in [4.69, 9.17) is 9.84 Å². The van der Waals surface area contributed by atoms with Crippen molar-refractivity contribution in [3.8, 4) is 0 Å². The van der Waals surface area contributed by atoms with Crippen LogP contribution in [0.15, 0.2) is 0 Å². The zero-order valence-corrected chi connectivity index (χ0v) is 10.7. The minimum atomic E-state index is 0.184. The standard InChI is InChI=1S/C13H27NO2/c1-3-11-6-4-5-7-13(11)16-9-8-12(10-15)14-2/h11-15H,3-10H2,1-2H3. The molecule has 1 rings (SSSR count). The lowest BCUT2D eigenvalue weighted by molar-refractivity contribution is -0.0168. The van der Waals surface area contributed by atoms with Crippen LogP contribution in [-0.4, -0.2) is 37.5 Å². The molecule has 3 heteroatoms. The lowest BCUT2D eigenvalue weighted by Gasteiger charge is -2.31. The summed E-state index contributed by atoms with van der Waals surface area (Å²) in [5.74, 6) is 0.760. The van der Waals surface area contributed by atoms with Crippen LogP contribution in [-0.2, 0) is 4.74 Å². The average molecular weight is 229 g/mol. The predicted octanol–water partition coefficient (Wildman–Crippen LogP) is 1.94. The highest BCUT2D eigenvalue weighted by molar-refractivity contribution is 4.75. The maximum atomic E-state index is 9.04. The summed E-state index contributed by atoms with van der Waals surface area (Å²) in [6.45, 7) is 3.23. The number of hydrogen-bond donors (Lipinski definition) is 2. The Morgan fingerprint density at radius 2 is 2.12 bits per heavy atom.